The van der Waals surface area contributed by atoms with E-state index in [2.05, 4.69) is 45.0 Å². The van der Waals surface area contributed by atoms with Gasteiger partial charge in [-0.05, 0) is 25.7 Å². The van der Waals surface area contributed by atoms with Crippen molar-refractivity contribution in [3.63, 3.8) is 0 Å². The highest BCUT2D eigenvalue weighted by Gasteiger charge is 2.23. The van der Waals surface area contributed by atoms with Crippen LogP contribution < -0.4 is 0 Å². The van der Waals surface area contributed by atoms with Crippen molar-refractivity contribution in [2.75, 3.05) is 0 Å². The van der Waals surface area contributed by atoms with Crippen LogP contribution in [-0.4, -0.2) is 6.21 Å². The van der Waals surface area contributed by atoms with Crippen molar-refractivity contribution in [1.29, 1.82) is 0 Å². The Labute approximate surface area is 75.6 Å². The van der Waals surface area contributed by atoms with Gasteiger partial charge in [0.15, 0.2) is 0 Å². The average molecular weight is 165 g/mol. The minimum absolute atomic E-state index is 0.313. The minimum Gasteiger partial charge on any atom is -0.266 e. The quantitative estimate of drug-likeness (QED) is 0.594. The van der Waals surface area contributed by atoms with Crippen molar-refractivity contribution < 1.29 is 0 Å². The summed E-state index contributed by atoms with van der Waals surface area (Å²) in [5.41, 5.74) is 1.48. The van der Waals surface area contributed by atoms with E-state index >= 15 is 0 Å². The van der Waals surface area contributed by atoms with Crippen LogP contribution in [0, 0.1) is 11.3 Å². The molecule has 0 aromatic heterocycles. The third kappa shape index (κ3) is 2.47. The van der Waals surface area contributed by atoms with E-state index in [0.717, 1.165) is 18.0 Å². The Balaban J connectivity index is 2.59. The molecule has 68 valence electrons. The third-order valence-electron chi connectivity index (χ3n) is 2.32. The number of nitrogens with zero attached hydrogens (tertiary/aromatic N) is 1. The van der Waals surface area contributed by atoms with Crippen molar-refractivity contribution in [1.82, 2.24) is 0 Å². The van der Waals surface area contributed by atoms with Gasteiger partial charge in [0.2, 0.25) is 0 Å². The van der Waals surface area contributed by atoms with Gasteiger partial charge in [0.05, 0.1) is 0 Å². The van der Waals surface area contributed by atoms with Gasteiger partial charge in [0.1, 0.15) is 0 Å². The lowest BCUT2D eigenvalue weighted by Gasteiger charge is -2.28. The Bertz CT molecular complexity index is 213. The SMILES string of the molecule is CC1=CCC(C)(CC(C)C)C=N1. The molecule has 0 amide bonds. The predicted molar refractivity (Wildman–Crippen MR) is 54.4 cm³/mol. The zero-order valence-corrected chi connectivity index (χ0v) is 8.59. The summed E-state index contributed by atoms with van der Waals surface area (Å²) in [4.78, 5) is 4.37. The van der Waals surface area contributed by atoms with Crippen LogP contribution in [0.3, 0.4) is 0 Å². The molecule has 1 heterocycles. The van der Waals surface area contributed by atoms with Gasteiger partial charge >= 0.3 is 0 Å². The molecule has 1 aliphatic heterocycles. The molecule has 0 aromatic carbocycles. The zero-order valence-electron chi connectivity index (χ0n) is 8.59. The topological polar surface area (TPSA) is 12.4 Å². The molecule has 1 nitrogen and oxygen atoms in total. The normalized spacial score (nSPS) is 29.2. The predicted octanol–water partition coefficient (Wildman–Crippen LogP) is 3.42. The molecule has 1 atom stereocenters. The van der Waals surface area contributed by atoms with E-state index in [1.165, 1.54) is 6.42 Å². The maximum absolute atomic E-state index is 4.37. The smallest absolute Gasteiger partial charge is 0.0329 e. The number of aliphatic imine (C=N–C) groups is 1. The highest BCUT2D eigenvalue weighted by Crippen LogP contribution is 2.31. The van der Waals surface area contributed by atoms with Gasteiger partial charge in [-0.15, -0.1) is 0 Å². The summed E-state index contributed by atoms with van der Waals surface area (Å²) in [7, 11) is 0. The standard InChI is InChI=1S/C11H19N/c1-9(2)7-11(4)6-5-10(3)12-8-11/h5,8-9H,6-7H2,1-4H3. The van der Waals surface area contributed by atoms with Crippen LogP contribution in [0.25, 0.3) is 0 Å². The van der Waals surface area contributed by atoms with Gasteiger partial charge < -0.3 is 0 Å². The summed E-state index contributed by atoms with van der Waals surface area (Å²) in [6.07, 6.45) is 6.76. The summed E-state index contributed by atoms with van der Waals surface area (Å²) >= 11 is 0. The number of hydrogen-bond donors (Lipinski definition) is 0. The second kappa shape index (κ2) is 3.42. The molecule has 0 bridgehead atoms. The molecule has 12 heavy (non-hydrogen) atoms. The van der Waals surface area contributed by atoms with Gasteiger partial charge in [-0.25, -0.2) is 0 Å². The van der Waals surface area contributed by atoms with Crippen LogP contribution in [0.5, 0.6) is 0 Å². The van der Waals surface area contributed by atoms with Gasteiger partial charge in [0, 0.05) is 17.3 Å². The summed E-state index contributed by atoms with van der Waals surface area (Å²) in [6, 6.07) is 0. The summed E-state index contributed by atoms with van der Waals surface area (Å²) in [5.74, 6) is 0.758. The average Bonchev–Trinajstić information content (AvgIpc) is 1.94. The summed E-state index contributed by atoms with van der Waals surface area (Å²) in [5, 5.41) is 0. The second-order valence-electron chi connectivity index (χ2n) is 4.56. The van der Waals surface area contributed by atoms with Crippen LogP contribution in [0.1, 0.15) is 40.5 Å². The number of hydrogen-bond acceptors (Lipinski definition) is 1. The van der Waals surface area contributed by atoms with Crippen molar-refractivity contribution in [2.45, 2.75) is 40.5 Å². The van der Waals surface area contributed by atoms with Gasteiger partial charge in [-0.3, -0.25) is 4.99 Å². The maximum Gasteiger partial charge on any atom is 0.0329 e. The highest BCUT2D eigenvalue weighted by atomic mass is 14.7. The molecule has 1 rings (SSSR count). The van der Waals surface area contributed by atoms with E-state index in [1.54, 1.807) is 0 Å². The first-order valence-electron chi connectivity index (χ1n) is 4.74. The monoisotopic (exact) mass is 165 g/mol. The molecule has 1 aliphatic rings. The number of allylic oxidation sites excluding steroid dienone is 2. The van der Waals surface area contributed by atoms with E-state index in [4.69, 9.17) is 0 Å². The molecule has 0 aromatic rings. The van der Waals surface area contributed by atoms with Crippen molar-refractivity contribution in [3.8, 4) is 0 Å². The van der Waals surface area contributed by atoms with Crippen LogP contribution in [-0.2, 0) is 0 Å². The van der Waals surface area contributed by atoms with Crippen LogP contribution in [0.2, 0.25) is 0 Å². The Morgan fingerprint density at radius 2 is 2.25 bits per heavy atom. The molecule has 0 saturated carbocycles. The van der Waals surface area contributed by atoms with Crippen LogP contribution >= 0.6 is 0 Å². The molecule has 0 N–H and O–H groups in total. The fourth-order valence-electron chi connectivity index (χ4n) is 1.81. The van der Waals surface area contributed by atoms with Crippen molar-refractivity contribution in [3.05, 3.63) is 11.8 Å². The van der Waals surface area contributed by atoms with E-state index < -0.39 is 0 Å². The lowest BCUT2D eigenvalue weighted by atomic mass is 9.79. The molecule has 0 radical (unpaired) electrons. The molecular weight excluding hydrogens is 146 g/mol. The number of rotatable bonds is 2. The maximum atomic E-state index is 4.37. The fraction of sp³-hybridized carbons (Fsp3) is 0.727. The van der Waals surface area contributed by atoms with Gasteiger partial charge in [-0.1, -0.05) is 26.8 Å². The molecule has 0 aliphatic carbocycles. The fourth-order valence-corrected chi connectivity index (χ4v) is 1.81. The Kier molecular flexibility index (Phi) is 2.71. The van der Waals surface area contributed by atoms with E-state index in [9.17, 15) is 0 Å². The largest absolute Gasteiger partial charge is 0.266 e. The first-order valence-corrected chi connectivity index (χ1v) is 4.74. The summed E-state index contributed by atoms with van der Waals surface area (Å²) in [6.45, 7) is 8.89. The third-order valence-corrected chi connectivity index (χ3v) is 2.32. The molecule has 0 fully saturated rings. The first-order chi connectivity index (χ1) is 5.52. The lowest BCUT2D eigenvalue weighted by molar-refractivity contribution is 0.368. The van der Waals surface area contributed by atoms with Gasteiger partial charge in [-0.2, -0.15) is 0 Å². The molecule has 1 unspecified atom stereocenters. The summed E-state index contributed by atoms with van der Waals surface area (Å²) < 4.78 is 0. The highest BCUT2D eigenvalue weighted by molar-refractivity contribution is 5.68. The van der Waals surface area contributed by atoms with Crippen molar-refractivity contribution >= 4 is 6.21 Å². The first kappa shape index (κ1) is 9.50. The second-order valence-corrected chi connectivity index (χ2v) is 4.56. The van der Waals surface area contributed by atoms with Crippen LogP contribution in [0.15, 0.2) is 16.8 Å². The molecule has 0 saturated heterocycles. The lowest BCUT2D eigenvalue weighted by Crippen LogP contribution is -2.22. The molecular formula is C11H19N. The Morgan fingerprint density at radius 1 is 1.58 bits per heavy atom. The Hall–Kier alpha value is -0.590. The van der Waals surface area contributed by atoms with Gasteiger partial charge in [0.25, 0.3) is 0 Å². The minimum atomic E-state index is 0.313. The zero-order chi connectivity index (χ0) is 9.19. The van der Waals surface area contributed by atoms with Crippen molar-refractivity contribution in [2.24, 2.45) is 16.3 Å². The molecule has 1 heteroatoms. The van der Waals surface area contributed by atoms with E-state index in [1.807, 2.05) is 0 Å². The Morgan fingerprint density at radius 3 is 2.67 bits per heavy atom. The van der Waals surface area contributed by atoms with E-state index in [-0.39, 0.29) is 0 Å². The van der Waals surface area contributed by atoms with Crippen LogP contribution in [0.4, 0.5) is 0 Å². The van der Waals surface area contributed by atoms with E-state index in [0.29, 0.717) is 5.41 Å². The molecule has 0 spiro atoms.